The van der Waals surface area contributed by atoms with Crippen molar-refractivity contribution in [2.24, 2.45) is 0 Å². The molecule has 1 heteroatoms. The van der Waals surface area contributed by atoms with Crippen LogP contribution in [0.5, 0.6) is 0 Å². The summed E-state index contributed by atoms with van der Waals surface area (Å²) in [7, 11) is 0. The molecule has 78 valence electrons. The van der Waals surface area contributed by atoms with Gasteiger partial charge in [0, 0.05) is 5.22 Å². The molecule has 16 heavy (non-hydrogen) atoms. The van der Waals surface area contributed by atoms with E-state index in [1.165, 1.54) is 11.1 Å². The monoisotopic (exact) mass is 207 g/mol. The van der Waals surface area contributed by atoms with Gasteiger partial charge in [-0.1, -0.05) is 48.6 Å². The summed E-state index contributed by atoms with van der Waals surface area (Å²) in [6.45, 7) is 2.08. The number of benzene rings is 1. The van der Waals surface area contributed by atoms with Crippen LogP contribution in [-0.2, 0) is 0 Å². The van der Waals surface area contributed by atoms with Crippen LogP contribution >= 0.6 is 0 Å². The summed E-state index contributed by atoms with van der Waals surface area (Å²) >= 11 is 0. The van der Waals surface area contributed by atoms with Crippen molar-refractivity contribution in [2.75, 3.05) is 0 Å². The van der Waals surface area contributed by atoms with Gasteiger partial charge in [-0.3, -0.25) is 5.41 Å². The van der Waals surface area contributed by atoms with E-state index in [2.05, 4.69) is 31.0 Å². The van der Waals surface area contributed by atoms with Crippen molar-refractivity contribution in [3.63, 3.8) is 0 Å². The zero-order chi connectivity index (χ0) is 11.4. The van der Waals surface area contributed by atoms with Gasteiger partial charge in [0.15, 0.2) is 0 Å². The molecule has 0 spiro atoms. The molecule has 0 atom stereocenters. The maximum absolute atomic E-state index is 7.22. The fourth-order valence-electron chi connectivity index (χ4n) is 1.69. The maximum atomic E-state index is 7.22. The van der Waals surface area contributed by atoms with Gasteiger partial charge in [-0.05, 0) is 35.2 Å². The highest BCUT2D eigenvalue weighted by Crippen LogP contribution is 2.13. The summed E-state index contributed by atoms with van der Waals surface area (Å²) in [6.07, 6.45) is 10.3. The molecule has 1 aliphatic rings. The van der Waals surface area contributed by atoms with Crippen LogP contribution in [0.3, 0.4) is 0 Å². The van der Waals surface area contributed by atoms with E-state index >= 15 is 0 Å². The highest BCUT2D eigenvalue weighted by molar-refractivity contribution is 5.58. The van der Waals surface area contributed by atoms with Gasteiger partial charge in [0.2, 0.25) is 0 Å². The molecular formula is C15H13N. The quantitative estimate of drug-likeness (QED) is 0.679. The Balaban J connectivity index is 2.61. The molecule has 0 saturated carbocycles. The molecule has 1 aromatic carbocycles. The summed E-state index contributed by atoms with van der Waals surface area (Å²) in [5.74, 6) is 2.45. The van der Waals surface area contributed by atoms with Crippen molar-refractivity contribution < 1.29 is 0 Å². The summed E-state index contributed by atoms with van der Waals surface area (Å²) in [5, 5.41) is 9.09. The number of hydrogen-bond acceptors (Lipinski definition) is 1. The van der Waals surface area contributed by atoms with Gasteiger partial charge >= 0.3 is 0 Å². The fourth-order valence-corrected chi connectivity index (χ4v) is 1.69. The molecule has 0 saturated heterocycles. The number of rotatable bonds is 1. The van der Waals surface area contributed by atoms with E-state index < -0.39 is 0 Å². The van der Waals surface area contributed by atoms with E-state index in [9.17, 15) is 0 Å². The summed E-state index contributed by atoms with van der Waals surface area (Å²) < 4.78 is 0. The van der Waals surface area contributed by atoms with Gasteiger partial charge in [0.25, 0.3) is 0 Å². The predicted molar refractivity (Wildman–Crippen MR) is 68.0 cm³/mol. The van der Waals surface area contributed by atoms with Crippen LogP contribution in [0.25, 0.3) is 6.08 Å². The van der Waals surface area contributed by atoms with Crippen LogP contribution in [0.15, 0.2) is 59.7 Å². The third-order valence-electron chi connectivity index (χ3n) is 2.59. The van der Waals surface area contributed by atoms with Crippen LogP contribution in [0, 0.1) is 5.41 Å². The molecule has 0 heterocycles. The molecule has 0 radical (unpaired) electrons. The molecule has 1 aliphatic carbocycles. The molecule has 0 aromatic heterocycles. The molecule has 0 fully saturated rings. The Labute approximate surface area is 94.9 Å². The zero-order valence-electron chi connectivity index (χ0n) is 9.20. The lowest BCUT2D eigenvalue weighted by molar-refractivity contribution is 1.46. The minimum absolute atomic E-state index is 0.827. The Morgan fingerprint density at radius 2 is 1.88 bits per heavy atom. The van der Waals surface area contributed by atoms with Crippen LogP contribution in [0.4, 0.5) is 0 Å². The van der Waals surface area contributed by atoms with Crippen molar-refractivity contribution in [1.82, 2.24) is 0 Å². The second kappa shape index (κ2) is 4.61. The standard InChI is InChI=1S/C15H13N/c1-12(13-6-2-3-7-13)10-14-8-4-5-9-15(14)11-16/h2-10,16H,1H3. The maximum Gasteiger partial charge on any atom is 0.0426 e. The molecule has 1 aromatic rings. The third-order valence-corrected chi connectivity index (χ3v) is 2.59. The third kappa shape index (κ3) is 2.10. The van der Waals surface area contributed by atoms with Gasteiger partial charge in [0.1, 0.15) is 0 Å². The second-order valence-electron chi connectivity index (χ2n) is 3.71. The van der Waals surface area contributed by atoms with Gasteiger partial charge in [-0.15, -0.1) is 0 Å². The Bertz CT molecular complexity index is 610. The lowest BCUT2D eigenvalue weighted by atomic mass is 10.1. The average molecular weight is 207 g/mol. The Kier molecular flexibility index (Phi) is 3.00. The molecule has 1 nitrogen and oxygen atoms in total. The van der Waals surface area contributed by atoms with Crippen molar-refractivity contribution in [3.05, 3.63) is 70.2 Å². The topological polar surface area (TPSA) is 23.9 Å². The van der Waals surface area contributed by atoms with Crippen molar-refractivity contribution in [3.8, 4) is 0 Å². The summed E-state index contributed by atoms with van der Waals surface area (Å²) in [4.78, 5) is 0. The molecule has 0 bridgehead atoms. The molecule has 0 unspecified atom stereocenters. The highest BCUT2D eigenvalue weighted by Gasteiger charge is 1.95. The first-order valence-corrected chi connectivity index (χ1v) is 5.23. The first-order valence-electron chi connectivity index (χ1n) is 5.23. The predicted octanol–water partition coefficient (Wildman–Crippen LogP) is 1.83. The van der Waals surface area contributed by atoms with Crippen molar-refractivity contribution in [1.29, 1.82) is 5.41 Å². The fraction of sp³-hybridized carbons (Fsp3) is 0.0667. The molecule has 0 aliphatic heterocycles. The van der Waals surface area contributed by atoms with E-state index in [-0.39, 0.29) is 0 Å². The largest absolute Gasteiger partial charge is 0.258 e. The molecule has 0 amide bonds. The Morgan fingerprint density at radius 1 is 1.19 bits per heavy atom. The van der Waals surface area contributed by atoms with E-state index in [4.69, 9.17) is 5.41 Å². The van der Waals surface area contributed by atoms with Gasteiger partial charge in [0.05, 0.1) is 0 Å². The normalized spacial score (nSPS) is 14.3. The number of hydrogen-bond donors (Lipinski definition) is 1. The molecular weight excluding hydrogens is 194 g/mol. The lowest BCUT2D eigenvalue weighted by Gasteiger charge is -1.96. The van der Waals surface area contributed by atoms with Crippen LogP contribution < -0.4 is 10.4 Å². The second-order valence-corrected chi connectivity index (χ2v) is 3.71. The van der Waals surface area contributed by atoms with Gasteiger partial charge < -0.3 is 0 Å². The zero-order valence-corrected chi connectivity index (χ0v) is 9.20. The van der Waals surface area contributed by atoms with E-state index in [0.717, 1.165) is 10.4 Å². The SMILES string of the molecule is CC(C=c1ccccc1=C=N)=C1C=CC=C1. The highest BCUT2D eigenvalue weighted by atomic mass is 14.3. The van der Waals surface area contributed by atoms with Crippen LogP contribution in [0.1, 0.15) is 6.92 Å². The van der Waals surface area contributed by atoms with E-state index in [1.54, 1.807) is 0 Å². The van der Waals surface area contributed by atoms with E-state index in [0.29, 0.717) is 0 Å². The average Bonchev–Trinajstić information content (AvgIpc) is 2.83. The Morgan fingerprint density at radius 3 is 2.56 bits per heavy atom. The van der Waals surface area contributed by atoms with Crippen molar-refractivity contribution in [2.45, 2.75) is 6.92 Å². The first-order chi connectivity index (χ1) is 7.81. The van der Waals surface area contributed by atoms with Crippen LogP contribution in [-0.4, -0.2) is 5.87 Å². The van der Waals surface area contributed by atoms with Crippen LogP contribution in [0.2, 0.25) is 0 Å². The first kappa shape index (κ1) is 10.4. The summed E-state index contributed by atoms with van der Waals surface area (Å²) in [5.41, 5.74) is 2.42. The Hall–Kier alpha value is -2.11. The van der Waals surface area contributed by atoms with Crippen molar-refractivity contribution >= 4 is 11.9 Å². The minimum Gasteiger partial charge on any atom is -0.258 e. The lowest BCUT2D eigenvalue weighted by Crippen LogP contribution is -2.24. The molecule has 1 N–H and O–H groups in total. The van der Waals surface area contributed by atoms with Gasteiger partial charge in [-0.2, -0.15) is 0 Å². The smallest absolute Gasteiger partial charge is 0.0426 e. The van der Waals surface area contributed by atoms with E-state index in [1.807, 2.05) is 36.4 Å². The number of allylic oxidation sites excluding steroid dienone is 6. The minimum atomic E-state index is 0.827. The number of nitrogens with one attached hydrogen (secondary N) is 1. The van der Waals surface area contributed by atoms with Gasteiger partial charge in [-0.25, -0.2) is 0 Å². The molecule has 2 rings (SSSR count). The summed E-state index contributed by atoms with van der Waals surface area (Å²) in [6, 6.07) is 7.80.